The molecule has 0 aliphatic rings. The summed E-state index contributed by atoms with van der Waals surface area (Å²) in [5, 5.41) is 9.46. The van der Waals surface area contributed by atoms with Gasteiger partial charge in [-0.2, -0.15) is 0 Å². The standard InChI is InChI=1S/C15H11ClFN3O2/c16-11-3-1-2-10(14(11)17)8-20-5-4-9-6-12(15(21)19-22)18-7-13(9)20/h1-7,22H,8H2,(H,19,21). The van der Waals surface area contributed by atoms with Crippen LogP contribution in [0.3, 0.4) is 0 Å². The number of hydrogen-bond donors (Lipinski definition) is 2. The van der Waals surface area contributed by atoms with Crippen molar-refractivity contribution in [3.63, 3.8) is 0 Å². The maximum atomic E-state index is 14.0. The number of amides is 1. The fraction of sp³-hybridized carbons (Fsp3) is 0.0667. The fourth-order valence-corrected chi connectivity index (χ4v) is 2.46. The molecule has 0 aliphatic carbocycles. The van der Waals surface area contributed by atoms with E-state index in [0.717, 1.165) is 10.9 Å². The first-order chi connectivity index (χ1) is 10.6. The highest BCUT2D eigenvalue weighted by molar-refractivity contribution is 6.30. The first-order valence-electron chi connectivity index (χ1n) is 6.42. The molecule has 0 unspecified atom stereocenters. The zero-order valence-electron chi connectivity index (χ0n) is 11.3. The van der Waals surface area contributed by atoms with Crippen LogP contribution in [-0.4, -0.2) is 20.7 Å². The topological polar surface area (TPSA) is 67.2 Å². The van der Waals surface area contributed by atoms with Crippen LogP contribution in [0.4, 0.5) is 4.39 Å². The quantitative estimate of drug-likeness (QED) is 0.576. The maximum absolute atomic E-state index is 14.0. The Bertz CT molecular complexity index is 863. The summed E-state index contributed by atoms with van der Waals surface area (Å²) < 4.78 is 15.8. The van der Waals surface area contributed by atoms with Crippen molar-refractivity contribution in [1.29, 1.82) is 0 Å². The summed E-state index contributed by atoms with van der Waals surface area (Å²) in [4.78, 5) is 15.3. The number of nitrogens with one attached hydrogen (secondary N) is 1. The molecule has 2 heterocycles. The minimum absolute atomic E-state index is 0.0778. The minimum atomic E-state index is -0.685. The van der Waals surface area contributed by atoms with E-state index >= 15 is 0 Å². The molecular weight excluding hydrogens is 309 g/mol. The van der Waals surface area contributed by atoms with Crippen LogP contribution in [-0.2, 0) is 6.54 Å². The molecule has 0 spiro atoms. The third kappa shape index (κ3) is 2.54. The maximum Gasteiger partial charge on any atom is 0.293 e. The fourth-order valence-electron chi connectivity index (χ4n) is 2.26. The van der Waals surface area contributed by atoms with Crippen molar-refractivity contribution in [3.05, 3.63) is 64.8 Å². The van der Waals surface area contributed by atoms with Gasteiger partial charge >= 0.3 is 0 Å². The number of halogens is 2. The number of hydrogen-bond acceptors (Lipinski definition) is 3. The third-order valence-corrected chi connectivity index (χ3v) is 3.66. The molecule has 22 heavy (non-hydrogen) atoms. The molecule has 0 aliphatic heterocycles. The SMILES string of the molecule is O=C(NO)c1cc2ccn(Cc3cccc(Cl)c3F)c2cn1. The Morgan fingerprint density at radius 3 is 3.00 bits per heavy atom. The molecule has 0 fully saturated rings. The average Bonchev–Trinajstić information content (AvgIpc) is 2.93. The molecular formula is C15H11ClFN3O2. The van der Waals surface area contributed by atoms with E-state index in [4.69, 9.17) is 16.8 Å². The Balaban J connectivity index is 1.98. The van der Waals surface area contributed by atoms with E-state index in [1.54, 1.807) is 35.0 Å². The Morgan fingerprint density at radius 2 is 2.23 bits per heavy atom. The van der Waals surface area contributed by atoms with Crippen molar-refractivity contribution in [2.24, 2.45) is 0 Å². The van der Waals surface area contributed by atoms with E-state index in [1.807, 2.05) is 0 Å². The van der Waals surface area contributed by atoms with Gasteiger partial charge in [-0.05, 0) is 18.2 Å². The predicted molar refractivity (Wildman–Crippen MR) is 79.5 cm³/mol. The Hall–Kier alpha value is -2.44. The van der Waals surface area contributed by atoms with Crippen LogP contribution in [0, 0.1) is 5.82 Å². The number of benzene rings is 1. The summed E-state index contributed by atoms with van der Waals surface area (Å²) >= 11 is 5.78. The van der Waals surface area contributed by atoms with Gasteiger partial charge in [0.15, 0.2) is 0 Å². The first kappa shape index (κ1) is 14.5. The Labute approximate surface area is 129 Å². The van der Waals surface area contributed by atoms with Crippen molar-refractivity contribution in [1.82, 2.24) is 15.0 Å². The van der Waals surface area contributed by atoms with E-state index in [9.17, 15) is 9.18 Å². The Morgan fingerprint density at radius 1 is 1.41 bits per heavy atom. The highest BCUT2D eigenvalue weighted by Gasteiger charge is 2.11. The summed E-state index contributed by atoms with van der Waals surface area (Å²) in [5.74, 6) is -1.13. The van der Waals surface area contributed by atoms with Crippen LogP contribution in [0.1, 0.15) is 16.1 Å². The van der Waals surface area contributed by atoms with Crippen molar-refractivity contribution in [2.75, 3.05) is 0 Å². The molecule has 2 N–H and O–H groups in total. The van der Waals surface area contributed by atoms with Gasteiger partial charge in [0.2, 0.25) is 0 Å². The van der Waals surface area contributed by atoms with Crippen molar-refractivity contribution in [3.8, 4) is 0 Å². The van der Waals surface area contributed by atoms with Crippen molar-refractivity contribution >= 4 is 28.4 Å². The van der Waals surface area contributed by atoms with E-state index in [0.29, 0.717) is 12.1 Å². The average molecular weight is 320 g/mol. The summed E-state index contributed by atoms with van der Waals surface area (Å²) in [5.41, 5.74) is 2.84. The number of rotatable bonds is 3. The van der Waals surface area contributed by atoms with Gasteiger partial charge in [-0.25, -0.2) is 14.9 Å². The smallest absolute Gasteiger partial charge is 0.293 e. The van der Waals surface area contributed by atoms with Gasteiger partial charge in [0, 0.05) is 17.1 Å². The molecule has 0 bridgehead atoms. The van der Waals surface area contributed by atoms with Gasteiger partial charge in [0.05, 0.1) is 23.3 Å². The molecule has 3 rings (SSSR count). The number of nitrogens with zero attached hydrogens (tertiary/aromatic N) is 2. The summed E-state index contributed by atoms with van der Waals surface area (Å²) in [6, 6.07) is 8.18. The number of fused-ring (bicyclic) bond motifs is 1. The van der Waals surface area contributed by atoms with Crippen molar-refractivity contribution in [2.45, 2.75) is 6.54 Å². The lowest BCUT2D eigenvalue weighted by atomic mass is 10.2. The molecule has 112 valence electrons. The molecule has 1 amide bonds. The largest absolute Gasteiger partial charge is 0.342 e. The van der Waals surface area contributed by atoms with Gasteiger partial charge in [-0.15, -0.1) is 0 Å². The molecule has 0 radical (unpaired) electrons. The number of pyridine rings is 1. The molecule has 3 aromatic rings. The van der Waals surface area contributed by atoms with Gasteiger partial charge in [-0.3, -0.25) is 10.0 Å². The van der Waals surface area contributed by atoms with E-state index < -0.39 is 11.7 Å². The predicted octanol–water partition coefficient (Wildman–Crippen LogP) is 3.00. The van der Waals surface area contributed by atoms with Crippen LogP contribution in [0.2, 0.25) is 5.02 Å². The molecule has 0 saturated heterocycles. The van der Waals surface area contributed by atoms with Crippen LogP contribution < -0.4 is 5.48 Å². The van der Waals surface area contributed by atoms with Gasteiger partial charge in [0.1, 0.15) is 11.5 Å². The lowest BCUT2D eigenvalue weighted by Gasteiger charge is -2.08. The van der Waals surface area contributed by atoms with Crippen LogP contribution in [0.5, 0.6) is 0 Å². The second-order valence-corrected chi connectivity index (χ2v) is 5.13. The highest BCUT2D eigenvalue weighted by Crippen LogP contribution is 2.22. The Kier molecular flexibility index (Phi) is 3.79. The molecule has 0 saturated carbocycles. The summed E-state index contributed by atoms with van der Waals surface area (Å²) in [7, 11) is 0. The number of hydroxylamine groups is 1. The molecule has 7 heteroatoms. The molecule has 2 aromatic heterocycles. The number of carbonyl (C=O) groups is 1. The monoisotopic (exact) mass is 319 g/mol. The first-order valence-corrected chi connectivity index (χ1v) is 6.80. The van der Waals surface area contributed by atoms with Gasteiger partial charge < -0.3 is 4.57 Å². The van der Waals surface area contributed by atoms with Crippen LogP contribution >= 0.6 is 11.6 Å². The van der Waals surface area contributed by atoms with Gasteiger partial charge in [-0.1, -0.05) is 23.7 Å². The molecule has 1 aromatic carbocycles. The summed E-state index contributed by atoms with van der Waals surface area (Å²) in [6.45, 7) is 0.295. The normalized spacial score (nSPS) is 10.9. The van der Waals surface area contributed by atoms with Crippen LogP contribution in [0.15, 0.2) is 42.7 Å². The zero-order chi connectivity index (χ0) is 15.7. The second kappa shape index (κ2) is 5.75. The van der Waals surface area contributed by atoms with E-state index in [1.165, 1.54) is 17.7 Å². The van der Waals surface area contributed by atoms with Crippen LogP contribution in [0.25, 0.3) is 10.9 Å². The van der Waals surface area contributed by atoms with Gasteiger partial charge in [0.25, 0.3) is 5.91 Å². The number of carbonyl (C=O) groups excluding carboxylic acids is 1. The van der Waals surface area contributed by atoms with E-state index in [-0.39, 0.29) is 10.7 Å². The second-order valence-electron chi connectivity index (χ2n) is 4.73. The molecule has 0 atom stereocenters. The lowest BCUT2D eigenvalue weighted by Crippen LogP contribution is -2.19. The van der Waals surface area contributed by atoms with E-state index in [2.05, 4.69) is 4.98 Å². The minimum Gasteiger partial charge on any atom is -0.342 e. The zero-order valence-corrected chi connectivity index (χ0v) is 12.0. The lowest BCUT2D eigenvalue weighted by molar-refractivity contribution is 0.0701. The number of aromatic nitrogens is 2. The van der Waals surface area contributed by atoms with Crippen molar-refractivity contribution < 1.29 is 14.4 Å². The highest BCUT2D eigenvalue weighted by atomic mass is 35.5. The molecule has 5 nitrogen and oxygen atoms in total. The third-order valence-electron chi connectivity index (χ3n) is 3.36. The summed E-state index contributed by atoms with van der Waals surface area (Å²) in [6.07, 6.45) is 3.27.